The molecule has 4 aliphatic rings. The van der Waals surface area contributed by atoms with Crippen molar-refractivity contribution in [3.05, 3.63) is 504 Å². The molecule has 0 atom stereocenters. The Bertz CT molecular complexity index is 6050. The van der Waals surface area contributed by atoms with Gasteiger partial charge >= 0.3 is 0 Å². The number of para-hydroxylation sites is 3. The second-order valence-electron chi connectivity index (χ2n) is 28.6. The summed E-state index contributed by atoms with van der Waals surface area (Å²) in [4.78, 5) is 4.95. The highest BCUT2D eigenvalue weighted by molar-refractivity contribution is 5.98. The molecule has 17 aromatic rings. The van der Waals surface area contributed by atoms with Crippen molar-refractivity contribution in [3.63, 3.8) is 0 Å². The second kappa shape index (κ2) is 26.4. The molecule has 1 heterocycles. The number of benzene rings is 17. The first kappa shape index (κ1) is 63.8. The first-order chi connectivity index (χ1) is 53.6. The summed E-state index contributed by atoms with van der Waals surface area (Å²) in [5.74, 6) is 0. The van der Waals surface area contributed by atoms with E-state index in [-0.39, 0.29) is 5.41 Å². The lowest BCUT2D eigenvalue weighted by molar-refractivity contribution is 0.752. The Morgan fingerprint density at radius 3 is 0.907 bits per heavy atom. The summed E-state index contributed by atoms with van der Waals surface area (Å²) >= 11 is 0. The molecule has 1 N–H and O–H groups in total. The maximum atomic E-state index is 3.68. The van der Waals surface area contributed by atoms with Gasteiger partial charge in [-0.2, -0.15) is 0 Å². The number of hydrogen-bond acceptors (Lipinski definition) is 3. The van der Waals surface area contributed by atoms with Gasteiger partial charge in [0.05, 0.1) is 27.6 Å². The average molecular weight is 1380 g/mol. The smallest absolute Gasteiger partial charge is 0.0755 e. The number of hydrogen-bond donors (Lipinski definition) is 1. The molecular weight excluding hydrogens is 1300 g/mol. The monoisotopic (exact) mass is 1380 g/mol. The van der Waals surface area contributed by atoms with Crippen LogP contribution in [-0.4, -0.2) is 0 Å². The van der Waals surface area contributed by atoms with Crippen molar-refractivity contribution in [1.29, 1.82) is 0 Å². The molecule has 0 radical (unpaired) electrons. The van der Waals surface area contributed by atoms with Crippen LogP contribution in [0.2, 0.25) is 0 Å². The van der Waals surface area contributed by atoms with Gasteiger partial charge in [-0.15, -0.1) is 0 Å². The molecule has 3 heteroatoms. The Hall–Kier alpha value is -13.9. The Morgan fingerprint density at radius 2 is 0.481 bits per heavy atom. The van der Waals surface area contributed by atoms with Crippen LogP contribution in [0.15, 0.2) is 437 Å². The molecular formula is C105H73N3. The van der Waals surface area contributed by atoms with Crippen molar-refractivity contribution in [1.82, 2.24) is 0 Å². The molecule has 21 rings (SSSR count). The lowest BCUT2D eigenvalue weighted by Crippen LogP contribution is -2.36. The summed E-state index contributed by atoms with van der Waals surface area (Å²) in [5.41, 5.74) is 35.3. The molecule has 0 fully saturated rings. The van der Waals surface area contributed by atoms with Gasteiger partial charge in [-0.25, -0.2) is 0 Å². The Balaban J connectivity index is 0.000000170. The largest absolute Gasteiger partial charge is 0.356 e. The highest BCUT2D eigenvalue weighted by Gasteiger charge is 2.53. The highest BCUT2D eigenvalue weighted by Crippen LogP contribution is 2.65. The van der Waals surface area contributed by atoms with Crippen LogP contribution in [0.5, 0.6) is 0 Å². The average Bonchev–Trinajstić information content (AvgIpc) is 1.47. The SMILES string of the molecule is c1ccc(-c2ccc(N(c3ccc4c(c3)C(c3ccccc3)(c3ccccc3)c3ccccc3-4)c3ccc4c(c3)C3(c5ccccc5-4)c4ccccc4N(c4ccccc4)c4ccccc43)cc2)cc1.c1ccc(-c2ccc(Nc3ccc4c(c3)C(c3ccccc3)(c3ccccc3)c3ccccc3-4)cc2)cc1. The van der Waals surface area contributed by atoms with Crippen molar-refractivity contribution >= 4 is 45.5 Å². The van der Waals surface area contributed by atoms with Crippen molar-refractivity contribution in [2.45, 2.75) is 16.2 Å². The molecule has 1 spiro atoms. The highest BCUT2D eigenvalue weighted by atomic mass is 15.2. The van der Waals surface area contributed by atoms with E-state index in [1.165, 1.54) is 134 Å². The minimum Gasteiger partial charge on any atom is -0.356 e. The second-order valence-corrected chi connectivity index (χ2v) is 28.6. The lowest BCUT2D eigenvalue weighted by Gasteiger charge is -2.45. The number of anilines is 8. The van der Waals surface area contributed by atoms with E-state index in [0.717, 1.165) is 34.1 Å². The third-order valence-corrected chi connectivity index (χ3v) is 23.1. The number of nitrogens with one attached hydrogen (secondary N) is 1. The topological polar surface area (TPSA) is 18.5 Å². The number of nitrogens with zero attached hydrogens (tertiary/aromatic N) is 2. The van der Waals surface area contributed by atoms with Crippen LogP contribution in [0.4, 0.5) is 45.5 Å². The molecule has 508 valence electrons. The van der Waals surface area contributed by atoms with Crippen LogP contribution in [0.25, 0.3) is 55.6 Å². The zero-order valence-electron chi connectivity index (χ0n) is 59.5. The van der Waals surface area contributed by atoms with E-state index in [9.17, 15) is 0 Å². The maximum Gasteiger partial charge on any atom is 0.0755 e. The fourth-order valence-electron chi connectivity index (χ4n) is 18.6. The van der Waals surface area contributed by atoms with Gasteiger partial charge in [0.1, 0.15) is 0 Å². The molecule has 0 bridgehead atoms. The summed E-state index contributed by atoms with van der Waals surface area (Å²) in [6, 6.07) is 160. The van der Waals surface area contributed by atoms with Gasteiger partial charge in [0.15, 0.2) is 0 Å². The van der Waals surface area contributed by atoms with Crippen molar-refractivity contribution in [2.24, 2.45) is 0 Å². The van der Waals surface area contributed by atoms with Crippen LogP contribution in [0, 0.1) is 0 Å². The van der Waals surface area contributed by atoms with Crippen LogP contribution in [0.1, 0.15) is 66.8 Å². The maximum absolute atomic E-state index is 3.68. The molecule has 3 aliphatic carbocycles. The summed E-state index contributed by atoms with van der Waals surface area (Å²) < 4.78 is 0. The van der Waals surface area contributed by atoms with Crippen LogP contribution >= 0.6 is 0 Å². The number of rotatable bonds is 12. The summed E-state index contributed by atoms with van der Waals surface area (Å²) in [7, 11) is 0. The van der Waals surface area contributed by atoms with E-state index in [0.29, 0.717) is 0 Å². The van der Waals surface area contributed by atoms with Gasteiger partial charge in [-0.3, -0.25) is 0 Å². The van der Waals surface area contributed by atoms with E-state index in [1.807, 2.05) is 0 Å². The van der Waals surface area contributed by atoms with Crippen molar-refractivity contribution in [3.8, 4) is 55.6 Å². The molecule has 3 nitrogen and oxygen atoms in total. The third kappa shape index (κ3) is 10.0. The minimum absolute atomic E-state index is 0.386. The van der Waals surface area contributed by atoms with E-state index >= 15 is 0 Å². The molecule has 0 saturated heterocycles. The quantitative estimate of drug-likeness (QED) is 0.132. The van der Waals surface area contributed by atoms with Crippen molar-refractivity contribution in [2.75, 3.05) is 15.1 Å². The van der Waals surface area contributed by atoms with Crippen LogP contribution < -0.4 is 15.1 Å². The zero-order chi connectivity index (χ0) is 71.6. The fraction of sp³-hybridized carbons (Fsp3) is 0.0286. The minimum atomic E-state index is -0.599. The van der Waals surface area contributed by atoms with E-state index in [1.54, 1.807) is 0 Å². The van der Waals surface area contributed by atoms with E-state index in [4.69, 9.17) is 0 Å². The third-order valence-electron chi connectivity index (χ3n) is 23.1. The van der Waals surface area contributed by atoms with Crippen LogP contribution in [0.3, 0.4) is 0 Å². The van der Waals surface area contributed by atoms with E-state index < -0.39 is 10.8 Å². The van der Waals surface area contributed by atoms with Gasteiger partial charge in [-0.1, -0.05) is 352 Å². The predicted octanol–water partition coefficient (Wildman–Crippen LogP) is 26.8. The molecule has 0 aromatic heterocycles. The Kier molecular flexibility index (Phi) is 15.6. The Labute approximate surface area is 631 Å². The summed E-state index contributed by atoms with van der Waals surface area (Å²) in [5, 5.41) is 3.68. The fourth-order valence-corrected chi connectivity index (χ4v) is 18.6. The predicted molar refractivity (Wildman–Crippen MR) is 448 cm³/mol. The Morgan fingerprint density at radius 1 is 0.194 bits per heavy atom. The van der Waals surface area contributed by atoms with E-state index in [2.05, 4.69) is 452 Å². The first-order valence-corrected chi connectivity index (χ1v) is 37.5. The van der Waals surface area contributed by atoms with Gasteiger partial charge < -0.3 is 15.1 Å². The standard InChI is InChI=1S/C68H46N2.C37H27N/c1-5-21-47(22-6-1)48-37-39-52(40-38-48)69(53-41-43-57-55-29-13-15-31-59(55)67(63(57)45-53,49-23-7-2-8-24-49)50-25-9-3-10-26-50)54-42-44-58-56-30-14-16-32-60(56)68(64(58)46-54)61-33-17-19-35-65(61)70(51-27-11-4-12-28-51)66-36-20-18-34-62(66)68;1-4-12-27(13-5-1)28-20-22-31(23-21-28)38-32-24-25-34-33-18-10-11-19-35(33)37(36(34)26-32,29-14-6-2-7-15-29)30-16-8-3-9-17-30/h1-46H;1-26,38H. The number of fused-ring (bicyclic) bond motifs is 15. The van der Waals surface area contributed by atoms with Gasteiger partial charge in [-0.05, 0) is 207 Å². The molecule has 1 aliphatic heterocycles. The van der Waals surface area contributed by atoms with Gasteiger partial charge in [0, 0.05) is 34.1 Å². The zero-order valence-corrected chi connectivity index (χ0v) is 59.5. The van der Waals surface area contributed by atoms with Crippen molar-refractivity contribution < 1.29 is 0 Å². The first-order valence-electron chi connectivity index (χ1n) is 37.5. The van der Waals surface area contributed by atoms with Gasteiger partial charge in [0.25, 0.3) is 0 Å². The summed E-state index contributed by atoms with van der Waals surface area (Å²) in [6.45, 7) is 0. The normalized spacial score (nSPS) is 13.6. The molecule has 17 aromatic carbocycles. The lowest BCUT2D eigenvalue weighted by atomic mass is 9.64. The molecule has 0 unspecified atom stereocenters. The van der Waals surface area contributed by atoms with Crippen LogP contribution in [-0.2, 0) is 16.2 Å². The summed E-state index contributed by atoms with van der Waals surface area (Å²) in [6.07, 6.45) is 0. The van der Waals surface area contributed by atoms with Gasteiger partial charge in [0.2, 0.25) is 0 Å². The molecule has 108 heavy (non-hydrogen) atoms. The molecule has 0 saturated carbocycles. The molecule has 0 amide bonds.